The number of benzene rings is 2. The van der Waals surface area contributed by atoms with Crippen LogP contribution < -0.4 is 10.4 Å². The molecule has 0 amide bonds. The summed E-state index contributed by atoms with van der Waals surface area (Å²) in [6.45, 7) is 6.16. The number of hydrogen-bond donors (Lipinski definition) is 0. The molecule has 3 heteroatoms. The van der Waals surface area contributed by atoms with E-state index >= 15 is 0 Å². The molecule has 0 bridgehead atoms. The third-order valence-corrected chi connectivity index (χ3v) is 6.74. The first kappa shape index (κ1) is 17.2. The van der Waals surface area contributed by atoms with Gasteiger partial charge in [0.15, 0.2) is 0 Å². The summed E-state index contributed by atoms with van der Waals surface area (Å²) >= 11 is 0. The Balaban J connectivity index is 2.57. The van der Waals surface area contributed by atoms with Gasteiger partial charge in [-0.2, -0.15) is 0 Å². The van der Waals surface area contributed by atoms with Crippen molar-refractivity contribution in [2.75, 3.05) is 7.11 Å². The zero-order valence-electron chi connectivity index (χ0n) is 14.2. The van der Waals surface area contributed by atoms with Crippen LogP contribution in [0.25, 0.3) is 0 Å². The first-order valence-electron chi connectivity index (χ1n) is 7.84. The molecule has 0 unspecified atom stereocenters. The van der Waals surface area contributed by atoms with Gasteiger partial charge in [-0.05, 0) is 5.41 Å². The molecule has 2 aromatic rings. The molecule has 0 heterocycles. The summed E-state index contributed by atoms with van der Waals surface area (Å²) in [7, 11) is -0.193. The van der Waals surface area contributed by atoms with Gasteiger partial charge in [0.25, 0.3) is 0 Å². The Kier molecular flexibility index (Phi) is 5.56. The maximum absolute atomic E-state index is 12.3. The number of esters is 1. The fraction of sp³-hybridized carbons (Fsp3) is 0.250. The minimum Gasteiger partial charge on any atom is -0.466 e. The second kappa shape index (κ2) is 7.42. The largest absolute Gasteiger partial charge is 0.466 e. The third-order valence-electron chi connectivity index (χ3n) is 3.86. The van der Waals surface area contributed by atoms with Gasteiger partial charge in [0, 0.05) is 5.57 Å². The molecule has 0 aliphatic rings. The molecule has 0 spiro atoms. The minimum absolute atomic E-state index is 0.234. The quantitative estimate of drug-likeness (QED) is 0.491. The van der Waals surface area contributed by atoms with Crippen molar-refractivity contribution in [1.29, 1.82) is 0 Å². The lowest BCUT2D eigenvalue weighted by molar-refractivity contribution is -0.137. The fourth-order valence-corrected chi connectivity index (χ4v) is 5.62. The van der Waals surface area contributed by atoms with Crippen molar-refractivity contribution in [3.05, 3.63) is 71.9 Å². The zero-order valence-corrected chi connectivity index (χ0v) is 15.4. The van der Waals surface area contributed by atoms with Gasteiger partial charge >= 0.3 is 5.97 Å². The van der Waals surface area contributed by atoms with Crippen LogP contribution >= 0.6 is 0 Å². The molecule has 0 fully saturated rings. The Morgan fingerprint density at radius 1 is 0.913 bits per heavy atom. The van der Waals surface area contributed by atoms with E-state index in [1.54, 1.807) is 0 Å². The summed E-state index contributed by atoms with van der Waals surface area (Å²) in [5, 5.41) is 2.59. The first-order valence-corrected chi connectivity index (χ1v) is 9.66. The first-order chi connectivity index (χ1) is 10.9. The number of ether oxygens (including phenoxy) is 1. The highest BCUT2D eigenvalue weighted by Crippen LogP contribution is 2.26. The highest BCUT2D eigenvalue weighted by atomic mass is 28.3. The second-order valence-corrected chi connectivity index (χ2v) is 9.24. The molecule has 0 N–H and O–H groups in total. The van der Waals surface area contributed by atoms with Crippen molar-refractivity contribution < 1.29 is 9.53 Å². The molecule has 120 valence electrons. The monoisotopic (exact) mass is 324 g/mol. The normalized spacial score (nSPS) is 12.3. The van der Waals surface area contributed by atoms with E-state index in [-0.39, 0.29) is 11.4 Å². The van der Waals surface area contributed by atoms with Crippen LogP contribution in [-0.2, 0) is 9.53 Å². The Morgan fingerprint density at radius 2 is 1.35 bits per heavy atom. The summed E-state index contributed by atoms with van der Waals surface area (Å²) in [4.78, 5) is 12.3. The molecule has 0 aliphatic heterocycles. The van der Waals surface area contributed by atoms with Crippen LogP contribution in [0, 0.1) is 5.41 Å². The average Bonchev–Trinajstić information content (AvgIpc) is 2.55. The van der Waals surface area contributed by atoms with Gasteiger partial charge in [-0.15, -0.1) is 0 Å². The van der Waals surface area contributed by atoms with Crippen LogP contribution in [0.15, 0.2) is 71.9 Å². The number of carbonyl (C=O) groups is 1. The van der Waals surface area contributed by atoms with E-state index in [2.05, 4.69) is 75.0 Å². The van der Waals surface area contributed by atoms with E-state index in [0.29, 0.717) is 0 Å². The molecular formula is C20H24O2Si. The number of hydrogen-bond acceptors (Lipinski definition) is 2. The van der Waals surface area contributed by atoms with E-state index < -0.39 is 8.80 Å². The molecule has 0 saturated heterocycles. The Bertz CT molecular complexity index is 630. The molecule has 2 aromatic carbocycles. The van der Waals surface area contributed by atoms with Gasteiger partial charge in [0.1, 0.15) is 8.80 Å². The molecule has 2 rings (SSSR count). The van der Waals surface area contributed by atoms with Gasteiger partial charge in [-0.25, -0.2) is 4.79 Å². The van der Waals surface area contributed by atoms with E-state index in [0.717, 1.165) is 5.57 Å². The fourth-order valence-electron chi connectivity index (χ4n) is 2.61. The molecule has 0 atom stereocenters. The van der Waals surface area contributed by atoms with Crippen molar-refractivity contribution >= 4 is 25.1 Å². The zero-order chi connectivity index (χ0) is 16.9. The summed E-state index contributed by atoms with van der Waals surface area (Å²) in [5.74, 6) is -0.234. The summed E-state index contributed by atoms with van der Waals surface area (Å²) < 4.78 is 5.03. The molecule has 23 heavy (non-hydrogen) atoms. The maximum Gasteiger partial charge on any atom is 0.333 e. The van der Waals surface area contributed by atoms with Crippen LogP contribution in [0.5, 0.6) is 0 Å². The van der Waals surface area contributed by atoms with Gasteiger partial charge < -0.3 is 4.74 Å². The van der Waals surface area contributed by atoms with E-state index in [4.69, 9.17) is 4.74 Å². The lowest BCUT2D eigenvalue weighted by atomic mass is 9.88. The molecule has 0 radical (unpaired) electrons. The lowest BCUT2D eigenvalue weighted by Crippen LogP contribution is -2.42. The number of methoxy groups -OCH3 is 1. The minimum atomic E-state index is -1.64. The Morgan fingerprint density at radius 3 is 1.70 bits per heavy atom. The van der Waals surface area contributed by atoms with Crippen LogP contribution in [0.1, 0.15) is 20.8 Å². The Labute approximate surface area is 140 Å². The average molecular weight is 324 g/mol. The highest BCUT2D eigenvalue weighted by molar-refractivity contribution is 6.89. The van der Waals surface area contributed by atoms with Crippen molar-refractivity contribution in [2.45, 2.75) is 20.8 Å². The van der Waals surface area contributed by atoms with E-state index in [1.807, 2.05) is 12.1 Å². The van der Waals surface area contributed by atoms with Crippen molar-refractivity contribution in [3.63, 3.8) is 0 Å². The van der Waals surface area contributed by atoms with Gasteiger partial charge in [0.05, 0.1) is 7.11 Å². The molecule has 2 nitrogen and oxygen atoms in total. The predicted molar refractivity (Wildman–Crippen MR) is 98.9 cm³/mol. The van der Waals surface area contributed by atoms with Crippen LogP contribution in [0.4, 0.5) is 0 Å². The molecule has 0 aliphatic carbocycles. The van der Waals surface area contributed by atoms with Gasteiger partial charge in [-0.1, -0.05) is 97.5 Å². The standard InChI is InChI=1S/C20H24O2Si/c1-20(2,3)18(19(21)22-4)15-23(16-11-7-5-8-12-16)17-13-9-6-10-14-17/h5-15,23H,1-4H3. The smallest absolute Gasteiger partial charge is 0.333 e. The molecule has 0 aromatic heterocycles. The van der Waals surface area contributed by atoms with Crippen molar-refractivity contribution in [2.24, 2.45) is 5.41 Å². The van der Waals surface area contributed by atoms with Crippen molar-refractivity contribution in [1.82, 2.24) is 0 Å². The van der Waals surface area contributed by atoms with E-state index in [9.17, 15) is 4.79 Å². The van der Waals surface area contributed by atoms with Crippen LogP contribution in [0.3, 0.4) is 0 Å². The summed E-state index contributed by atoms with van der Waals surface area (Å²) in [6, 6.07) is 20.9. The lowest BCUT2D eigenvalue weighted by Gasteiger charge is -2.23. The number of rotatable bonds is 4. The van der Waals surface area contributed by atoms with Gasteiger partial charge in [0.2, 0.25) is 0 Å². The summed E-state index contributed by atoms with van der Waals surface area (Å²) in [5.41, 5.74) is 2.68. The van der Waals surface area contributed by atoms with Crippen molar-refractivity contribution in [3.8, 4) is 0 Å². The molecular weight excluding hydrogens is 300 g/mol. The summed E-state index contributed by atoms with van der Waals surface area (Å²) in [6.07, 6.45) is 0. The predicted octanol–water partition coefficient (Wildman–Crippen LogP) is 2.71. The topological polar surface area (TPSA) is 26.3 Å². The van der Waals surface area contributed by atoms with Crippen LogP contribution in [-0.4, -0.2) is 21.9 Å². The van der Waals surface area contributed by atoms with Crippen LogP contribution in [0.2, 0.25) is 0 Å². The van der Waals surface area contributed by atoms with E-state index in [1.165, 1.54) is 17.5 Å². The second-order valence-electron chi connectivity index (χ2n) is 6.62. The highest BCUT2D eigenvalue weighted by Gasteiger charge is 2.27. The maximum atomic E-state index is 12.3. The Hall–Kier alpha value is -2.13. The third kappa shape index (κ3) is 4.42. The number of carbonyl (C=O) groups excluding carboxylic acids is 1. The van der Waals surface area contributed by atoms with Gasteiger partial charge in [-0.3, -0.25) is 0 Å². The molecule has 0 saturated carbocycles. The SMILES string of the molecule is COC(=O)C(=C[SiH](c1ccccc1)c1ccccc1)C(C)(C)C.